The monoisotopic (exact) mass is 334 g/mol. The summed E-state index contributed by atoms with van der Waals surface area (Å²) in [6.07, 6.45) is 4.73. The Bertz CT molecular complexity index is 823. The van der Waals surface area contributed by atoms with Crippen molar-refractivity contribution in [2.24, 2.45) is 0 Å². The van der Waals surface area contributed by atoms with Crippen LogP contribution in [0.5, 0.6) is 0 Å². The highest BCUT2D eigenvalue weighted by Crippen LogP contribution is 2.20. The molecule has 2 N–H and O–H groups in total. The van der Waals surface area contributed by atoms with Gasteiger partial charge in [-0.2, -0.15) is 15.0 Å². The van der Waals surface area contributed by atoms with Crippen LogP contribution in [-0.4, -0.2) is 39.2 Å². The van der Waals surface area contributed by atoms with Gasteiger partial charge in [-0.05, 0) is 18.6 Å². The Hall–Kier alpha value is -3.06. The summed E-state index contributed by atoms with van der Waals surface area (Å²) >= 11 is 0. The lowest BCUT2D eigenvalue weighted by atomic mass is 10.2. The van der Waals surface area contributed by atoms with Gasteiger partial charge in [0.15, 0.2) is 5.82 Å². The first kappa shape index (κ1) is 15.5. The minimum atomic E-state index is 0.230. The molecule has 3 heterocycles. The van der Waals surface area contributed by atoms with Gasteiger partial charge in [-0.25, -0.2) is 0 Å². The van der Waals surface area contributed by atoms with Gasteiger partial charge < -0.3 is 15.4 Å². The maximum atomic E-state index is 5.44. The number of hydrogen-bond acceptors (Lipinski definition) is 7. The van der Waals surface area contributed by atoms with E-state index < -0.39 is 0 Å². The Morgan fingerprint density at radius 3 is 2.44 bits per heavy atom. The number of hydrogen-bond donors (Lipinski definition) is 2. The third-order valence-electron chi connectivity index (χ3n) is 3.89. The molecular formula is C18H18N6O. The summed E-state index contributed by atoms with van der Waals surface area (Å²) in [6.45, 7) is 1.51. The molecule has 1 aliphatic heterocycles. The zero-order valence-electron chi connectivity index (χ0n) is 13.6. The molecule has 7 heteroatoms. The number of nitrogens with zero attached hydrogens (tertiary/aromatic N) is 4. The first-order valence-corrected chi connectivity index (χ1v) is 8.21. The van der Waals surface area contributed by atoms with Gasteiger partial charge in [0.05, 0.1) is 6.10 Å². The van der Waals surface area contributed by atoms with Crippen LogP contribution in [0.15, 0.2) is 54.9 Å². The second kappa shape index (κ2) is 7.23. The molecule has 3 aromatic rings. The Morgan fingerprint density at radius 1 is 0.960 bits per heavy atom. The number of rotatable bonds is 6. The van der Waals surface area contributed by atoms with E-state index in [1.807, 2.05) is 42.5 Å². The Balaban J connectivity index is 1.62. The molecule has 0 bridgehead atoms. The molecule has 1 unspecified atom stereocenters. The lowest BCUT2D eigenvalue weighted by Crippen LogP contribution is -2.33. The molecule has 1 atom stereocenters. The van der Waals surface area contributed by atoms with Crippen molar-refractivity contribution in [1.29, 1.82) is 0 Å². The van der Waals surface area contributed by atoms with Crippen LogP contribution >= 0.6 is 0 Å². The maximum absolute atomic E-state index is 5.44. The van der Waals surface area contributed by atoms with Crippen molar-refractivity contribution in [3.63, 3.8) is 0 Å². The highest BCUT2D eigenvalue weighted by Gasteiger charge is 2.18. The zero-order valence-corrected chi connectivity index (χ0v) is 13.6. The van der Waals surface area contributed by atoms with E-state index in [9.17, 15) is 0 Å². The smallest absolute Gasteiger partial charge is 0.232 e. The third kappa shape index (κ3) is 3.89. The van der Waals surface area contributed by atoms with Crippen molar-refractivity contribution in [3.05, 3.63) is 54.9 Å². The van der Waals surface area contributed by atoms with Crippen molar-refractivity contribution in [3.8, 4) is 11.4 Å². The molecular weight excluding hydrogens is 316 g/mol. The van der Waals surface area contributed by atoms with Gasteiger partial charge in [0.1, 0.15) is 0 Å². The first-order valence-electron chi connectivity index (χ1n) is 8.21. The number of pyridine rings is 1. The van der Waals surface area contributed by atoms with E-state index in [-0.39, 0.29) is 6.10 Å². The van der Waals surface area contributed by atoms with Crippen LogP contribution in [0.3, 0.4) is 0 Å². The second-order valence-electron chi connectivity index (χ2n) is 5.70. The molecule has 2 aromatic heterocycles. The molecule has 0 saturated carbocycles. The van der Waals surface area contributed by atoms with Crippen LogP contribution in [0.2, 0.25) is 0 Å². The fraction of sp³-hybridized carbons (Fsp3) is 0.222. The summed E-state index contributed by atoms with van der Waals surface area (Å²) in [4.78, 5) is 17.5. The minimum absolute atomic E-state index is 0.230. The van der Waals surface area contributed by atoms with Crippen LogP contribution < -0.4 is 10.6 Å². The van der Waals surface area contributed by atoms with Crippen LogP contribution in [0, 0.1) is 0 Å². The Morgan fingerprint density at radius 2 is 1.72 bits per heavy atom. The van der Waals surface area contributed by atoms with Crippen molar-refractivity contribution < 1.29 is 4.74 Å². The third-order valence-corrected chi connectivity index (χ3v) is 3.89. The van der Waals surface area contributed by atoms with Crippen molar-refractivity contribution >= 4 is 17.6 Å². The summed E-state index contributed by atoms with van der Waals surface area (Å²) < 4.78 is 5.44. The molecule has 1 fully saturated rings. The number of anilines is 3. The number of ether oxygens (including phenoxy) is 1. The predicted molar refractivity (Wildman–Crippen MR) is 95.6 cm³/mol. The molecule has 0 aliphatic carbocycles. The lowest BCUT2D eigenvalue weighted by molar-refractivity contribution is -0.0411. The van der Waals surface area contributed by atoms with E-state index in [0.717, 1.165) is 24.3 Å². The molecule has 1 aromatic carbocycles. The average molecular weight is 334 g/mol. The largest absolute Gasteiger partial charge is 0.376 e. The van der Waals surface area contributed by atoms with E-state index in [2.05, 4.69) is 30.6 Å². The SMILES string of the molecule is c1ccc(-c2nc(NCC3CCO3)nc(Nc3ccncc3)n2)cc1. The molecule has 1 aliphatic rings. The molecule has 0 spiro atoms. The van der Waals surface area contributed by atoms with Crippen LogP contribution in [0.25, 0.3) is 11.4 Å². The topological polar surface area (TPSA) is 84.9 Å². The molecule has 4 rings (SSSR count). The molecule has 25 heavy (non-hydrogen) atoms. The van der Waals surface area contributed by atoms with Crippen molar-refractivity contribution in [2.45, 2.75) is 12.5 Å². The zero-order chi connectivity index (χ0) is 16.9. The summed E-state index contributed by atoms with van der Waals surface area (Å²) in [5, 5.41) is 6.44. The number of nitrogens with one attached hydrogen (secondary N) is 2. The van der Waals surface area contributed by atoms with E-state index in [1.54, 1.807) is 12.4 Å². The molecule has 0 amide bonds. The average Bonchev–Trinajstić information content (AvgIpc) is 2.62. The van der Waals surface area contributed by atoms with Crippen molar-refractivity contribution in [1.82, 2.24) is 19.9 Å². The molecule has 7 nitrogen and oxygen atoms in total. The summed E-state index contributed by atoms with van der Waals surface area (Å²) in [6, 6.07) is 13.6. The van der Waals surface area contributed by atoms with E-state index in [4.69, 9.17) is 4.74 Å². The summed E-state index contributed by atoms with van der Waals surface area (Å²) in [5.74, 6) is 1.63. The van der Waals surface area contributed by atoms with Gasteiger partial charge in [-0.3, -0.25) is 4.98 Å². The Labute approximate surface area is 145 Å². The summed E-state index contributed by atoms with van der Waals surface area (Å²) in [7, 11) is 0. The van der Waals surface area contributed by atoms with E-state index in [1.165, 1.54) is 0 Å². The highest BCUT2D eigenvalue weighted by molar-refractivity contribution is 5.60. The fourth-order valence-electron chi connectivity index (χ4n) is 2.44. The Kier molecular flexibility index (Phi) is 4.47. The number of aromatic nitrogens is 4. The van der Waals surface area contributed by atoms with Crippen LogP contribution in [0.4, 0.5) is 17.6 Å². The minimum Gasteiger partial charge on any atom is -0.376 e. The van der Waals surface area contributed by atoms with Crippen LogP contribution in [0.1, 0.15) is 6.42 Å². The second-order valence-corrected chi connectivity index (χ2v) is 5.70. The predicted octanol–water partition coefficient (Wildman–Crippen LogP) is 2.88. The quantitative estimate of drug-likeness (QED) is 0.717. The van der Waals surface area contributed by atoms with Gasteiger partial charge >= 0.3 is 0 Å². The van der Waals surface area contributed by atoms with Gasteiger partial charge in [0.2, 0.25) is 11.9 Å². The van der Waals surface area contributed by atoms with Crippen LogP contribution in [-0.2, 0) is 4.74 Å². The van der Waals surface area contributed by atoms with Gasteiger partial charge in [-0.15, -0.1) is 0 Å². The molecule has 1 saturated heterocycles. The van der Waals surface area contributed by atoms with Gasteiger partial charge in [0, 0.05) is 36.8 Å². The number of benzene rings is 1. The van der Waals surface area contributed by atoms with Crippen molar-refractivity contribution in [2.75, 3.05) is 23.8 Å². The molecule has 0 radical (unpaired) electrons. The van der Waals surface area contributed by atoms with E-state index in [0.29, 0.717) is 24.3 Å². The lowest BCUT2D eigenvalue weighted by Gasteiger charge is -2.26. The van der Waals surface area contributed by atoms with Gasteiger partial charge in [-0.1, -0.05) is 30.3 Å². The standard InChI is InChI=1S/C18H18N6O/c1-2-4-13(5-3-1)16-22-17(20-12-15-8-11-25-15)24-18(23-16)21-14-6-9-19-10-7-14/h1-7,9-10,15H,8,11-12H2,(H2,19,20,21,22,23,24). The first-order chi connectivity index (χ1) is 12.4. The van der Waals surface area contributed by atoms with E-state index >= 15 is 0 Å². The summed E-state index contributed by atoms with van der Waals surface area (Å²) in [5.41, 5.74) is 1.80. The fourth-order valence-corrected chi connectivity index (χ4v) is 2.44. The van der Waals surface area contributed by atoms with Gasteiger partial charge in [0.25, 0.3) is 0 Å². The maximum Gasteiger partial charge on any atom is 0.232 e. The normalized spacial score (nSPS) is 16.1. The molecule has 126 valence electrons. The highest BCUT2D eigenvalue weighted by atomic mass is 16.5.